The quantitative estimate of drug-likeness (QED) is 0.565. The highest BCUT2D eigenvalue weighted by atomic mass is 16.6. The minimum absolute atomic E-state index is 0.0601. The van der Waals surface area contributed by atoms with Crippen molar-refractivity contribution in [3.8, 4) is 5.82 Å². The fourth-order valence-corrected chi connectivity index (χ4v) is 3.27. The molecular weight excluding hydrogens is 390 g/mol. The van der Waals surface area contributed by atoms with Gasteiger partial charge in [-0.3, -0.25) is 4.90 Å². The Hall–Kier alpha value is -3.54. The molecule has 1 saturated heterocycles. The van der Waals surface area contributed by atoms with Gasteiger partial charge in [-0.15, -0.1) is 5.10 Å². The molecule has 0 aliphatic carbocycles. The molecule has 4 heterocycles. The van der Waals surface area contributed by atoms with Crippen LogP contribution in [0.1, 0.15) is 30.0 Å². The second-order valence-corrected chi connectivity index (χ2v) is 7.17. The maximum absolute atomic E-state index is 12.6. The van der Waals surface area contributed by atoms with Gasteiger partial charge in [-0.25, -0.2) is 14.4 Å². The van der Waals surface area contributed by atoms with Gasteiger partial charge in [0.2, 0.25) is 11.6 Å². The fraction of sp³-hybridized carbons (Fsp3) is 0.444. The van der Waals surface area contributed by atoms with E-state index in [4.69, 9.17) is 10.5 Å². The standard InChI is InChI=1S/C18H23N9O3/c1-12(2)29-18(28)15-13(27(24-21-15)17-16(19)22-30-23-17)11-25-7-9-26(10-8-25)14-5-3-4-6-20-14/h3-6,12H,7-11H2,1-2H3,(H2,19,22). The number of carbonyl (C=O) groups is 1. The third-order valence-electron chi connectivity index (χ3n) is 4.71. The van der Waals surface area contributed by atoms with E-state index >= 15 is 0 Å². The van der Waals surface area contributed by atoms with Crippen molar-refractivity contribution in [2.24, 2.45) is 0 Å². The van der Waals surface area contributed by atoms with E-state index in [9.17, 15) is 4.79 Å². The molecule has 3 aromatic heterocycles. The lowest BCUT2D eigenvalue weighted by Gasteiger charge is -2.35. The molecule has 158 valence electrons. The van der Waals surface area contributed by atoms with Gasteiger partial charge in [0.05, 0.1) is 11.8 Å². The lowest BCUT2D eigenvalue weighted by Crippen LogP contribution is -2.46. The van der Waals surface area contributed by atoms with Crippen molar-refractivity contribution in [1.82, 2.24) is 35.2 Å². The van der Waals surface area contributed by atoms with Crippen LogP contribution in [0.25, 0.3) is 5.82 Å². The molecule has 2 N–H and O–H groups in total. The van der Waals surface area contributed by atoms with Crippen LogP contribution in [0.2, 0.25) is 0 Å². The molecule has 0 radical (unpaired) electrons. The van der Waals surface area contributed by atoms with Crippen LogP contribution in [-0.2, 0) is 11.3 Å². The molecule has 12 heteroatoms. The van der Waals surface area contributed by atoms with Gasteiger partial charge in [-0.05, 0) is 36.3 Å². The second-order valence-electron chi connectivity index (χ2n) is 7.17. The van der Waals surface area contributed by atoms with Crippen LogP contribution in [-0.4, -0.2) is 73.4 Å². The molecule has 1 fully saturated rings. The number of anilines is 2. The van der Waals surface area contributed by atoms with E-state index in [1.807, 2.05) is 18.2 Å². The van der Waals surface area contributed by atoms with E-state index in [-0.39, 0.29) is 23.4 Å². The summed E-state index contributed by atoms with van der Waals surface area (Å²) in [6.45, 7) is 7.12. The van der Waals surface area contributed by atoms with Crippen LogP contribution in [0, 0.1) is 0 Å². The minimum atomic E-state index is -0.548. The second kappa shape index (κ2) is 8.45. The first kappa shape index (κ1) is 19.8. The molecule has 30 heavy (non-hydrogen) atoms. The lowest BCUT2D eigenvalue weighted by molar-refractivity contribution is 0.0368. The summed E-state index contributed by atoms with van der Waals surface area (Å²) in [4.78, 5) is 21.4. The molecular formula is C18H23N9O3. The Bertz CT molecular complexity index is 994. The normalized spacial score (nSPS) is 15.0. The smallest absolute Gasteiger partial charge is 0.361 e. The van der Waals surface area contributed by atoms with Crippen molar-refractivity contribution >= 4 is 17.6 Å². The zero-order chi connectivity index (χ0) is 21.1. The fourth-order valence-electron chi connectivity index (χ4n) is 3.27. The molecule has 3 aromatic rings. The van der Waals surface area contributed by atoms with Crippen LogP contribution >= 0.6 is 0 Å². The van der Waals surface area contributed by atoms with Crippen LogP contribution in [0.5, 0.6) is 0 Å². The molecule has 1 aliphatic rings. The summed E-state index contributed by atoms with van der Waals surface area (Å²) in [5.74, 6) is 0.651. The van der Waals surface area contributed by atoms with Gasteiger partial charge in [0, 0.05) is 38.9 Å². The Kier molecular flexibility index (Phi) is 5.57. The summed E-state index contributed by atoms with van der Waals surface area (Å²) in [7, 11) is 0. The van der Waals surface area contributed by atoms with Crippen LogP contribution < -0.4 is 10.6 Å². The Morgan fingerprint density at radius 1 is 1.23 bits per heavy atom. The van der Waals surface area contributed by atoms with Crippen molar-refractivity contribution in [1.29, 1.82) is 0 Å². The summed E-state index contributed by atoms with van der Waals surface area (Å²) in [5, 5.41) is 15.4. The van der Waals surface area contributed by atoms with Gasteiger partial charge < -0.3 is 15.4 Å². The average molecular weight is 413 g/mol. The van der Waals surface area contributed by atoms with Gasteiger partial charge in [-0.1, -0.05) is 11.3 Å². The molecule has 12 nitrogen and oxygen atoms in total. The highest BCUT2D eigenvalue weighted by molar-refractivity contribution is 5.88. The summed E-state index contributed by atoms with van der Waals surface area (Å²) in [6, 6.07) is 5.87. The summed E-state index contributed by atoms with van der Waals surface area (Å²) >= 11 is 0. The molecule has 4 rings (SSSR count). The third kappa shape index (κ3) is 4.08. The van der Waals surface area contributed by atoms with E-state index in [1.165, 1.54) is 4.68 Å². The minimum Gasteiger partial charge on any atom is -0.458 e. The van der Waals surface area contributed by atoms with Crippen LogP contribution in [0.3, 0.4) is 0 Å². The number of nitrogen functional groups attached to an aromatic ring is 1. The van der Waals surface area contributed by atoms with E-state index in [1.54, 1.807) is 20.0 Å². The van der Waals surface area contributed by atoms with E-state index < -0.39 is 5.97 Å². The molecule has 0 amide bonds. The topological polar surface area (TPSA) is 141 Å². The van der Waals surface area contributed by atoms with Gasteiger partial charge >= 0.3 is 5.97 Å². The zero-order valence-corrected chi connectivity index (χ0v) is 16.8. The highest BCUT2D eigenvalue weighted by Crippen LogP contribution is 2.20. The first-order valence-corrected chi connectivity index (χ1v) is 9.65. The van der Waals surface area contributed by atoms with Crippen molar-refractivity contribution in [2.45, 2.75) is 26.5 Å². The third-order valence-corrected chi connectivity index (χ3v) is 4.71. The number of piperazine rings is 1. The predicted molar refractivity (Wildman–Crippen MR) is 106 cm³/mol. The number of hydrogen-bond donors (Lipinski definition) is 1. The number of ether oxygens (including phenoxy) is 1. The number of aromatic nitrogens is 6. The maximum atomic E-state index is 12.6. The van der Waals surface area contributed by atoms with E-state index in [2.05, 4.69) is 40.0 Å². The van der Waals surface area contributed by atoms with Gasteiger partial charge in [0.15, 0.2) is 5.69 Å². The summed E-state index contributed by atoms with van der Waals surface area (Å²) in [6.07, 6.45) is 1.51. The number of rotatable bonds is 6. The molecule has 0 spiro atoms. The number of esters is 1. The van der Waals surface area contributed by atoms with Crippen LogP contribution in [0.4, 0.5) is 11.6 Å². The number of carbonyl (C=O) groups excluding carboxylic acids is 1. The molecule has 0 bridgehead atoms. The predicted octanol–water partition coefficient (Wildman–Crippen LogP) is 0.515. The van der Waals surface area contributed by atoms with Crippen molar-refractivity contribution < 1.29 is 14.2 Å². The number of nitrogens with zero attached hydrogens (tertiary/aromatic N) is 8. The monoisotopic (exact) mass is 413 g/mol. The lowest BCUT2D eigenvalue weighted by atomic mass is 10.2. The number of nitrogens with two attached hydrogens (primary N) is 1. The average Bonchev–Trinajstić information content (AvgIpc) is 3.34. The number of pyridine rings is 1. The van der Waals surface area contributed by atoms with Gasteiger partial charge in [0.1, 0.15) is 5.82 Å². The largest absolute Gasteiger partial charge is 0.458 e. The van der Waals surface area contributed by atoms with Gasteiger partial charge in [-0.2, -0.15) is 4.68 Å². The van der Waals surface area contributed by atoms with Crippen molar-refractivity contribution in [2.75, 3.05) is 36.8 Å². The van der Waals surface area contributed by atoms with Crippen molar-refractivity contribution in [3.05, 3.63) is 35.8 Å². The van der Waals surface area contributed by atoms with Crippen molar-refractivity contribution in [3.63, 3.8) is 0 Å². The molecule has 0 aromatic carbocycles. The van der Waals surface area contributed by atoms with Crippen LogP contribution in [0.15, 0.2) is 29.0 Å². The van der Waals surface area contributed by atoms with E-state index in [0.29, 0.717) is 12.2 Å². The Labute approximate surface area is 172 Å². The molecule has 1 aliphatic heterocycles. The maximum Gasteiger partial charge on any atom is 0.361 e. The molecule has 0 saturated carbocycles. The Morgan fingerprint density at radius 3 is 2.67 bits per heavy atom. The Morgan fingerprint density at radius 2 is 2.03 bits per heavy atom. The first-order valence-electron chi connectivity index (χ1n) is 9.65. The molecule has 0 unspecified atom stereocenters. The molecule has 0 atom stereocenters. The first-order chi connectivity index (χ1) is 14.5. The van der Waals surface area contributed by atoms with E-state index in [0.717, 1.165) is 32.0 Å². The zero-order valence-electron chi connectivity index (χ0n) is 16.8. The highest BCUT2D eigenvalue weighted by Gasteiger charge is 2.28. The summed E-state index contributed by atoms with van der Waals surface area (Å²) in [5.41, 5.74) is 6.47. The van der Waals surface area contributed by atoms with Gasteiger partial charge in [0.25, 0.3) is 0 Å². The number of hydrogen-bond acceptors (Lipinski definition) is 11. The Balaban J connectivity index is 1.54. The summed E-state index contributed by atoms with van der Waals surface area (Å²) < 4.78 is 11.4. The SMILES string of the molecule is CC(C)OC(=O)c1nnn(-c2nonc2N)c1CN1CCN(c2ccccn2)CC1.